The molecule has 19 heavy (non-hydrogen) atoms. The van der Waals surface area contributed by atoms with Crippen LogP contribution < -0.4 is 11.1 Å². The predicted molar refractivity (Wildman–Crippen MR) is 62.4 cm³/mol. The number of carbonyl (C=O) groups is 1. The Kier molecular flexibility index (Phi) is 3.16. The smallest absolute Gasteiger partial charge is 0.397 e. The van der Waals surface area contributed by atoms with Crippen LogP contribution in [0, 0.1) is 0 Å². The van der Waals surface area contributed by atoms with E-state index in [1.165, 1.54) is 12.4 Å². The number of amides is 1. The Balaban J connectivity index is 2.21. The van der Waals surface area contributed by atoms with E-state index in [1.807, 2.05) is 0 Å². The van der Waals surface area contributed by atoms with Crippen LogP contribution in [0.25, 0.3) is 0 Å². The van der Waals surface area contributed by atoms with Gasteiger partial charge in [-0.25, -0.2) is 0 Å². The fourth-order valence-electron chi connectivity index (χ4n) is 1.42. The van der Waals surface area contributed by atoms with E-state index < -0.39 is 17.6 Å². The number of H-pyrrole nitrogens is 1. The molecule has 0 spiro atoms. The molecule has 0 atom stereocenters. The zero-order chi connectivity index (χ0) is 14.0. The van der Waals surface area contributed by atoms with Crippen molar-refractivity contribution < 1.29 is 18.0 Å². The lowest BCUT2D eigenvalue weighted by molar-refractivity contribution is -0.137. The molecule has 1 aromatic heterocycles. The molecule has 0 saturated heterocycles. The second-order valence-corrected chi connectivity index (χ2v) is 3.74. The molecule has 2 rings (SSSR count). The molecular weight excluding hydrogens is 261 g/mol. The van der Waals surface area contributed by atoms with E-state index in [0.29, 0.717) is 0 Å². The number of hydrogen-bond donors (Lipinski definition) is 3. The topological polar surface area (TPSA) is 83.8 Å². The molecule has 0 unspecified atom stereocenters. The van der Waals surface area contributed by atoms with Gasteiger partial charge in [-0.1, -0.05) is 0 Å². The zero-order valence-corrected chi connectivity index (χ0v) is 9.45. The van der Waals surface area contributed by atoms with Crippen LogP contribution in [0.3, 0.4) is 0 Å². The number of nitrogens with one attached hydrogen (secondary N) is 2. The van der Waals surface area contributed by atoms with Gasteiger partial charge in [0.25, 0.3) is 5.91 Å². The van der Waals surface area contributed by atoms with Gasteiger partial charge in [0.1, 0.15) is 0 Å². The molecule has 2 aromatic rings. The second kappa shape index (κ2) is 4.63. The fourth-order valence-corrected chi connectivity index (χ4v) is 1.42. The Morgan fingerprint density at radius 3 is 2.63 bits per heavy atom. The van der Waals surface area contributed by atoms with Crippen LogP contribution in [0.5, 0.6) is 0 Å². The minimum absolute atomic E-state index is 0.110. The van der Waals surface area contributed by atoms with Gasteiger partial charge in [0.2, 0.25) is 0 Å². The number of hydrogen-bond acceptors (Lipinski definition) is 3. The molecule has 0 aliphatic rings. The molecule has 0 saturated carbocycles. The van der Waals surface area contributed by atoms with Gasteiger partial charge in [0.15, 0.2) is 0 Å². The highest BCUT2D eigenvalue weighted by atomic mass is 19.4. The van der Waals surface area contributed by atoms with E-state index in [1.54, 1.807) is 0 Å². The number of alkyl halides is 3. The molecule has 100 valence electrons. The van der Waals surface area contributed by atoms with E-state index in [9.17, 15) is 18.0 Å². The van der Waals surface area contributed by atoms with E-state index in [4.69, 9.17) is 5.73 Å². The second-order valence-electron chi connectivity index (χ2n) is 3.74. The maximum absolute atomic E-state index is 12.4. The summed E-state index contributed by atoms with van der Waals surface area (Å²) in [7, 11) is 0. The van der Waals surface area contributed by atoms with Crippen LogP contribution in [-0.2, 0) is 6.18 Å². The van der Waals surface area contributed by atoms with Crippen molar-refractivity contribution in [2.45, 2.75) is 6.18 Å². The molecule has 1 aromatic carbocycles. The van der Waals surface area contributed by atoms with Gasteiger partial charge >= 0.3 is 6.18 Å². The zero-order valence-electron chi connectivity index (χ0n) is 9.45. The highest BCUT2D eigenvalue weighted by molar-refractivity contribution is 6.05. The largest absolute Gasteiger partial charge is 0.416 e. The lowest BCUT2D eigenvalue weighted by Crippen LogP contribution is -2.13. The molecule has 1 amide bonds. The van der Waals surface area contributed by atoms with Gasteiger partial charge in [0, 0.05) is 6.20 Å². The van der Waals surface area contributed by atoms with Crippen molar-refractivity contribution in [3.8, 4) is 0 Å². The molecule has 0 fully saturated rings. The van der Waals surface area contributed by atoms with Crippen LogP contribution in [0.2, 0.25) is 0 Å². The first-order valence-corrected chi connectivity index (χ1v) is 5.15. The highest BCUT2D eigenvalue weighted by Crippen LogP contribution is 2.32. The first-order chi connectivity index (χ1) is 8.88. The third-order valence-electron chi connectivity index (χ3n) is 2.39. The van der Waals surface area contributed by atoms with Crippen LogP contribution in [0.15, 0.2) is 30.6 Å². The quantitative estimate of drug-likeness (QED) is 0.732. The van der Waals surface area contributed by atoms with Crippen LogP contribution in [0.1, 0.15) is 15.9 Å². The molecule has 1 heterocycles. The van der Waals surface area contributed by atoms with Crippen LogP contribution in [0.4, 0.5) is 24.5 Å². The first-order valence-electron chi connectivity index (χ1n) is 5.15. The van der Waals surface area contributed by atoms with Crippen molar-refractivity contribution >= 4 is 17.3 Å². The third-order valence-corrected chi connectivity index (χ3v) is 2.39. The van der Waals surface area contributed by atoms with Crippen molar-refractivity contribution in [3.05, 3.63) is 41.7 Å². The van der Waals surface area contributed by atoms with Crippen LogP contribution >= 0.6 is 0 Å². The van der Waals surface area contributed by atoms with Gasteiger partial charge in [-0.15, -0.1) is 0 Å². The number of aromatic nitrogens is 2. The molecule has 5 nitrogen and oxygen atoms in total. The summed E-state index contributed by atoms with van der Waals surface area (Å²) in [6, 6.07) is 2.72. The highest BCUT2D eigenvalue weighted by Gasteiger charge is 2.30. The number of rotatable bonds is 2. The summed E-state index contributed by atoms with van der Waals surface area (Å²) in [5.41, 5.74) is 4.81. The molecule has 0 aliphatic carbocycles. The molecule has 4 N–H and O–H groups in total. The van der Waals surface area contributed by atoms with Crippen molar-refractivity contribution in [1.29, 1.82) is 0 Å². The van der Waals surface area contributed by atoms with Crippen molar-refractivity contribution in [1.82, 2.24) is 10.2 Å². The average Bonchev–Trinajstić information content (AvgIpc) is 2.84. The SMILES string of the molecule is Nc1cc(C(F)(F)F)ccc1NC(=O)c1cn[nH]c1. The Morgan fingerprint density at radius 2 is 2.11 bits per heavy atom. The third kappa shape index (κ3) is 2.84. The van der Waals surface area contributed by atoms with Gasteiger partial charge in [-0.05, 0) is 18.2 Å². The normalized spacial score (nSPS) is 11.3. The van der Waals surface area contributed by atoms with Gasteiger partial charge in [0.05, 0.1) is 28.7 Å². The standard InChI is InChI=1S/C11H9F3N4O/c12-11(13,14)7-1-2-9(8(15)3-7)18-10(19)6-4-16-17-5-6/h1-5H,15H2,(H,16,17)(H,18,19). The summed E-state index contributed by atoms with van der Waals surface area (Å²) >= 11 is 0. The minimum atomic E-state index is -4.47. The van der Waals surface area contributed by atoms with E-state index in [2.05, 4.69) is 15.5 Å². The lowest BCUT2D eigenvalue weighted by Gasteiger charge is -2.11. The number of anilines is 2. The van der Waals surface area contributed by atoms with Crippen molar-refractivity contribution in [3.63, 3.8) is 0 Å². The van der Waals surface area contributed by atoms with Crippen molar-refractivity contribution in [2.75, 3.05) is 11.1 Å². The Hall–Kier alpha value is -2.51. The summed E-state index contributed by atoms with van der Waals surface area (Å²) < 4.78 is 37.3. The Bertz CT molecular complexity index is 592. The number of nitrogen functional groups attached to an aromatic ring is 1. The summed E-state index contributed by atoms with van der Waals surface area (Å²) in [6.07, 6.45) is -1.83. The number of nitrogens with two attached hydrogens (primary N) is 1. The Morgan fingerprint density at radius 1 is 1.37 bits per heavy atom. The van der Waals surface area contributed by atoms with Crippen LogP contribution in [-0.4, -0.2) is 16.1 Å². The molecule has 0 radical (unpaired) electrons. The van der Waals surface area contributed by atoms with E-state index in [-0.39, 0.29) is 16.9 Å². The maximum atomic E-state index is 12.4. The molecule has 0 bridgehead atoms. The number of carbonyl (C=O) groups excluding carboxylic acids is 1. The molecule has 8 heteroatoms. The van der Waals surface area contributed by atoms with E-state index in [0.717, 1.165) is 18.2 Å². The predicted octanol–water partition coefficient (Wildman–Crippen LogP) is 2.26. The van der Waals surface area contributed by atoms with E-state index >= 15 is 0 Å². The maximum Gasteiger partial charge on any atom is 0.416 e. The monoisotopic (exact) mass is 270 g/mol. The number of aromatic amines is 1. The minimum Gasteiger partial charge on any atom is -0.397 e. The first kappa shape index (κ1) is 12.9. The number of benzene rings is 1. The summed E-state index contributed by atoms with van der Waals surface area (Å²) in [6.45, 7) is 0. The van der Waals surface area contributed by atoms with Gasteiger partial charge in [-0.3, -0.25) is 9.89 Å². The summed E-state index contributed by atoms with van der Waals surface area (Å²) in [4.78, 5) is 11.7. The molecule has 0 aliphatic heterocycles. The average molecular weight is 270 g/mol. The van der Waals surface area contributed by atoms with Gasteiger partial charge in [-0.2, -0.15) is 18.3 Å². The Labute approximate surface area is 105 Å². The number of halogens is 3. The molecular formula is C11H9F3N4O. The number of nitrogens with zero attached hydrogens (tertiary/aromatic N) is 1. The van der Waals surface area contributed by atoms with Crippen molar-refractivity contribution in [2.24, 2.45) is 0 Å². The lowest BCUT2D eigenvalue weighted by atomic mass is 10.1. The summed E-state index contributed by atoms with van der Waals surface area (Å²) in [5, 5.41) is 8.44. The summed E-state index contributed by atoms with van der Waals surface area (Å²) in [5.74, 6) is -0.514. The van der Waals surface area contributed by atoms with Gasteiger partial charge < -0.3 is 11.1 Å². The fraction of sp³-hybridized carbons (Fsp3) is 0.0909.